The molecule has 2 aromatic rings. The number of nitrogens with zero attached hydrogens (tertiary/aromatic N) is 4. The van der Waals surface area contributed by atoms with E-state index in [1.807, 2.05) is 35.2 Å². The van der Waals surface area contributed by atoms with Crippen LogP contribution in [0.2, 0.25) is 0 Å². The molecule has 0 spiro atoms. The Morgan fingerprint density at radius 3 is 2.47 bits per heavy atom. The SMILES string of the molecule is CC1(C)CN(C(=O)CC2CCN2)c2cc(N3C(=O)N(Cc4ccncc4)C(C)(C)C3=O)ccc21. The van der Waals surface area contributed by atoms with E-state index in [1.54, 1.807) is 31.1 Å². The van der Waals surface area contributed by atoms with Gasteiger partial charge in [-0.2, -0.15) is 0 Å². The van der Waals surface area contributed by atoms with Crippen molar-refractivity contribution in [2.45, 2.75) is 64.1 Å². The van der Waals surface area contributed by atoms with Gasteiger partial charge in [0.1, 0.15) is 5.54 Å². The van der Waals surface area contributed by atoms with Crippen LogP contribution in [0.5, 0.6) is 0 Å². The average molecular weight is 462 g/mol. The summed E-state index contributed by atoms with van der Waals surface area (Å²) in [7, 11) is 0. The highest BCUT2D eigenvalue weighted by atomic mass is 16.2. The smallest absolute Gasteiger partial charge is 0.313 e. The molecule has 4 amide bonds. The van der Waals surface area contributed by atoms with E-state index in [0.29, 0.717) is 25.2 Å². The van der Waals surface area contributed by atoms with E-state index < -0.39 is 5.54 Å². The number of nitrogens with one attached hydrogen (secondary N) is 1. The molecule has 1 unspecified atom stereocenters. The number of anilines is 2. The zero-order valence-electron chi connectivity index (χ0n) is 20.2. The Morgan fingerprint density at radius 2 is 1.82 bits per heavy atom. The summed E-state index contributed by atoms with van der Waals surface area (Å²) in [6.07, 6.45) is 4.81. The molecule has 1 N–H and O–H groups in total. The summed E-state index contributed by atoms with van der Waals surface area (Å²) >= 11 is 0. The molecule has 0 saturated carbocycles. The van der Waals surface area contributed by atoms with E-state index in [4.69, 9.17) is 0 Å². The number of imide groups is 1. The third-order valence-electron chi connectivity index (χ3n) is 7.37. The van der Waals surface area contributed by atoms with Crippen molar-refractivity contribution >= 4 is 29.2 Å². The zero-order chi connectivity index (χ0) is 24.3. The predicted molar refractivity (Wildman–Crippen MR) is 130 cm³/mol. The molecule has 1 aromatic carbocycles. The van der Waals surface area contributed by atoms with Gasteiger partial charge in [0.15, 0.2) is 0 Å². The molecule has 178 valence electrons. The van der Waals surface area contributed by atoms with E-state index in [-0.39, 0.29) is 29.3 Å². The number of benzene rings is 1. The van der Waals surface area contributed by atoms with Crippen molar-refractivity contribution in [1.29, 1.82) is 0 Å². The summed E-state index contributed by atoms with van der Waals surface area (Å²) < 4.78 is 0. The van der Waals surface area contributed by atoms with Gasteiger partial charge in [-0.1, -0.05) is 19.9 Å². The Balaban J connectivity index is 1.47. The minimum atomic E-state index is -0.996. The monoisotopic (exact) mass is 461 g/mol. The van der Waals surface area contributed by atoms with Gasteiger partial charge in [-0.3, -0.25) is 14.6 Å². The summed E-state index contributed by atoms with van der Waals surface area (Å²) in [4.78, 5) is 48.8. The topological polar surface area (TPSA) is 85.8 Å². The van der Waals surface area contributed by atoms with Crippen LogP contribution in [0.1, 0.15) is 51.7 Å². The first-order valence-electron chi connectivity index (χ1n) is 11.8. The minimum absolute atomic E-state index is 0.0693. The van der Waals surface area contributed by atoms with Gasteiger partial charge < -0.3 is 15.1 Å². The lowest BCUT2D eigenvalue weighted by atomic mass is 9.87. The average Bonchev–Trinajstić information content (AvgIpc) is 3.13. The standard InChI is InChI=1S/C26H31N5O3/c1-25(2)16-29(22(32)13-18-9-12-28-18)21-14-19(5-6-20(21)25)31-23(33)26(3,4)30(24(31)34)15-17-7-10-27-11-8-17/h5-8,10-11,14,18,28H,9,12-13,15-16H2,1-4H3. The van der Waals surface area contributed by atoms with Crippen molar-refractivity contribution in [2.75, 3.05) is 22.9 Å². The second-order valence-corrected chi connectivity index (χ2v) is 10.6. The number of amides is 4. The molecular formula is C26H31N5O3. The summed E-state index contributed by atoms with van der Waals surface area (Å²) in [5.74, 6) is -0.208. The first-order valence-corrected chi connectivity index (χ1v) is 11.8. The van der Waals surface area contributed by atoms with Crippen molar-refractivity contribution in [3.05, 3.63) is 53.9 Å². The largest absolute Gasteiger partial charge is 0.332 e. The van der Waals surface area contributed by atoms with E-state index >= 15 is 0 Å². The predicted octanol–water partition coefficient (Wildman–Crippen LogP) is 3.21. The number of aromatic nitrogens is 1. The number of pyridine rings is 1. The number of hydrogen-bond donors (Lipinski definition) is 1. The fourth-order valence-corrected chi connectivity index (χ4v) is 5.09. The van der Waals surface area contributed by atoms with Gasteiger partial charge in [-0.25, -0.2) is 9.69 Å². The molecule has 0 radical (unpaired) electrons. The highest BCUT2D eigenvalue weighted by Crippen LogP contribution is 2.44. The van der Waals surface area contributed by atoms with E-state index in [2.05, 4.69) is 24.1 Å². The summed E-state index contributed by atoms with van der Waals surface area (Å²) in [6, 6.07) is 9.16. The van der Waals surface area contributed by atoms with Crippen LogP contribution in [0.3, 0.4) is 0 Å². The van der Waals surface area contributed by atoms with Crippen LogP contribution in [0.25, 0.3) is 0 Å². The van der Waals surface area contributed by atoms with E-state index in [9.17, 15) is 14.4 Å². The normalized spacial score (nSPS) is 22.7. The second kappa shape index (κ2) is 7.91. The Hall–Kier alpha value is -3.26. The molecule has 3 aliphatic heterocycles. The third-order valence-corrected chi connectivity index (χ3v) is 7.37. The van der Waals surface area contributed by atoms with Crippen LogP contribution >= 0.6 is 0 Å². The van der Waals surface area contributed by atoms with Gasteiger partial charge in [0.05, 0.1) is 5.69 Å². The summed E-state index contributed by atoms with van der Waals surface area (Å²) in [5, 5.41) is 3.29. The minimum Gasteiger partial charge on any atom is -0.313 e. The van der Waals surface area contributed by atoms with Crippen LogP contribution in [-0.4, -0.2) is 52.4 Å². The molecule has 0 bridgehead atoms. The molecule has 5 rings (SSSR count). The fraction of sp³-hybridized carbons (Fsp3) is 0.462. The van der Waals surface area contributed by atoms with Crippen molar-refractivity contribution in [3.8, 4) is 0 Å². The van der Waals surface area contributed by atoms with Gasteiger partial charge in [-0.05, 0) is 62.2 Å². The van der Waals surface area contributed by atoms with Gasteiger partial charge >= 0.3 is 6.03 Å². The molecule has 8 nitrogen and oxygen atoms in total. The molecule has 8 heteroatoms. The van der Waals surface area contributed by atoms with Crippen molar-refractivity contribution in [1.82, 2.24) is 15.2 Å². The zero-order valence-corrected chi connectivity index (χ0v) is 20.2. The molecule has 0 aliphatic carbocycles. The summed E-state index contributed by atoms with van der Waals surface area (Å²) in [6.45, 7) is 9.62. The first-order chi connectivity index (χ1) is 16.1. The molecule has 2 saturated heterocycles. The van der Waals surface area contributed by atoms with Gasteiger partial charge in [0.25, 0.3) is 5.91 Å². The molecular weight excluding hydrogens is 430 g/mol. The Labute approximate surface area is 199 Å². The van der Waals surface area contributed by atoms with Gasteiger partial charge in [0.2, 0.25) is 5.91 Å². The van der Waals surface area contributed by atoms with Crippen molar-refractivity contribution in [2.24, 2.45) is 0 Å². The molecule has 1 aromatic heterocycles. The third kappa shape index (κ3) is 3.57. The Morgan fingerprint density at radius 1 is 1.12 bits per heavy atom. The van der Waals surface area contributed by atoms with Crippen LogP contribution in [-0.2, 0) is 21.5 Å². The maximum atomic E-state index is 13.5. The van der Waals surface area contributed by atoms with Gasteiger partial charge in [-0.15, -0.1) is 0 Å². The number of urea groups is 1. The molecule has 2 fully saturated rings. The number of rotatable bonds is 5. The quantitative estimate of drug-likeness (QED) is 0.691. The van der Waals surface area contributed by atoms with Crippen LogP contribution in [0, 0.1) is 0 Å². The molecule has 3 aliphatic rings. The van der Waals surface area contributed by atoms with Gasteiger partial charge in [0, 0.05) is 49.0 Å². The maximum Gasteiger partial charge on any atom is 0.332 e. The first kappa shape index (κ1) is 22.5. The fourth-order valence-electron chi connectivity index (χ4n) is 5.09. The van der Waals surface area contributed by atoms with Crippen molar-refractivity contribution < 1.29 is 14.4 Å². The van der Waals surface area contributed by atoms with E-state index in [0.717, 1.165) is 29.8 Å². The van der Waals surface area contributed by atoms with Crippen LogP contribution in [0.15, 0.2) is 42.7 Å². The highest BCUT2D eigenvalue weighted by molar-refractivity contribution is 6.23. The second-order valence-electron chi connectivity index (χ2n) is 10.6. The number of carbonyl (C=O) groups excluding carboxylic acids is 3. The lowest BCUT2D eigenvalue weighted by Gasteiger charge is -2.29. The summed E-state index contributed by atoms with van der Waals surface area (Å²) in [5.41, 5.74) is 2.04. The molecule has 4 heterocycles. The maximum absolute atomic E-state index is 13.5. The molecule has 1 atom stereocenters. The molecule has 34 heavy (non-hydrogen) atoms. The lowest BCUT2D eigenvalue weighted by Crippen LogP contribution is -2.47. The lowest BCUT2D eigenvalue weighted by molar-refractivity contribution is -0.123. The van der Waals surface area contributed by atoms with E-state index in [1.165, 1.54) is 4.90 Å². The number of carbonyl (C=O) groups is 3. The van der Waals surface area contributed by atoms with Crippen molar-refractivity contribution in [3.63, 3.8) is 0 Å². The number of fused-ring (bicyclic) bond motifs is 1. The van der Waals surface area contributed by atoms with Crippen LogP contribution < -0.4 is 15.1 Å². The highest BCUT2D eigenvalue weighted by Gasteiger charge is 2.52. The van der Waals surface area contributed by atoms with Crippen LogP contribution in [0.4, 0.5) is 16.2 Å². The Kier molecular flexibility index (Phi) is 5.24. The number of hydrogen-bond acceptors (Lipinski definition) is 5. The Bertz CT molecular complexity index is 1160.